The maximum Gasteiger partial charge on any atom is 0.316 e. The van der Waals surface area contributed by atoms with Crippen molar-refractivity contribution in [2.75, 3.05) is 11.9 Å². The molecule has 0 aliphatic carbocycles. The number of benzene rings is 2. The number of urea groups is 1. The van der Waals surface area contributed by atoms with Crippen LogP contribution in [0.3, 0.4) is 0 Å². The van der Waals surface area contributed by atoms with Gasteiger partial charge in [0.2, 0.25) is 0 Å². The summed E-state index contributed by atoms with van der Waals surface area (Å²) in [5.41, 5.74) is 8.07. The zero-order valence-corrected chi connectivity index (χ0v) is 15.4. The third-order valence-corrected chi connectivity index (χ3v) is 4.23. The molecule has 0 radical (unpaired) electrons. The van der Waals surface area contributed by atoms with Gasteiger partial charge in [0.1, 0.15) is 17.6 Å². The zero-order valence-electron chi connectivity index (χ0n) is 15.4. The van der Waals surface area contributed by atoms with Crippen LogP contribution in [0.15, 0.2) is 36.4 Å². The molecule has 2 aromatic rings. The van der Waals surface area contributed by atoms with E-state index in [-0.39, 0.29) is 12.0 Å². The Morgan fingerprint density at radius 1 is 1.26 bits per heavy atom. The van der Waals surface area contributed by atoms with E-state index in [0.717, 1.165) is 29.0 Å². The van der Waals surface area contributed by atoms with Gasteiger partial charge >= 0.3 is 6.03 Å². The van der Waals surface area contributed by atoms with Crippen LogP contribution in [-0.4, -0.2) is 24.6 Å². The summed E-state index contributed by atoms with van der Waals surface area (Å²) >= 11 is 0. The van der Waals surface area contributed by atoms with E-state index in [4.69, 9.17) is 15.2 Å². The molecule has 142 valence electrons. The molecule has 7 heteroatoms. The predicted molar refractivity (Wildman–Crippen MR) is 102 cm³/mol. The number of amides is 3. The van der Waals surface area contributed by atoms with Crippen molar-refractivity contribution in [3.05, 3.63) is 53.1 Å². The molecule has 0 saturated heterocycles. The number of hydrogen-bond acceptors (Lipinski definition) is 4. The van der Waals surface area contributed by atoms with Crippen molar-refractivity contribution in [2.45, 2.75) is 32.9 Å². The number of primary amides is 1. The van der Waals surface area contributed by atoms with E-state index in [1.807, 2.05) is 26.0 Å². The van der Waals surface area contributed by atoms with E-state index in [1.54, 1.807) is 24.3 Å². The molecule has 0 spiro atoms. The number of ether oxygens (including phenoxy) is 2. The summed E-state index contributed by atoms with van der Waals surface area (Å²) in [6.45, 7) is 4.82. The van der Waals surface area contributed by atoms with Crippen LogP contribution in [0.4, 0.5) is 10.5 Å². The lowest BCUT2D eigenvalue weighted by Gasteiger charge is -2.13. The quantitative estimate of drug-likeness (QED) is 0.728. The van der Waals surface area contributed by atoms with Crippen LogP contribution >= 0.6 is 0 Å². The van der Waals surface area contributed by atoms with Gasteiger partial charge in [0.05, 0.1) is 6.61 Å². The van der Waals surface area contributed by atoms with Crippen LogP contribution in [0.5, 0.6) is 11.5 Å². The van der Waals surface area contributed by atoms with Crippen molar-refractivity contribution < 1.29 is 19.1 Å². The first-order valence-electron chi connectivity index (χ1n) is 8.86. The van der Waals surface area contributed by atoms with Gasteiger partial charge in [-0.25, -0.2) is 4.79 Å². The second-order valence-corrected chi connectivity index (χ2v) is 6.38. The highest BCUT2D eigenvalue weighted by atomic mass is 16.5. The van der Waals surface area contributed by atoms with Crippen LogP contribution in [0.2, 0.25) is 0 Å². The first-order valence-corrected chi connectivity index (χ1v) is 8.86. The fourth-order valence-corrected chi connectivity index (χ4v) is 3.03. The molecule has 1 unspecified atom stereocenters. The Morgan fingerprint density at radius 3 is 2.67 bits per heavy atom. The Labute approximate surface area is 157 Å². The molecule has 1 aliphatic rings. The third-order valence-electron chi connectivity index (χ3n) is 4.23. The largest absolute Gasteiger partial charge is 0.494 e. The number of rotatable bonds is 6. The highest BCUT2D eigenvalue weighted by Gasteiger charge is 2.22. The summed E-state index contributed by atoms with van der Waals surface area (Å²) in [5, 5.41) is 5.34. The number of nitrogens with two attached hydrogens (primary N) is 1. The molecule has 1 atom stereocenters. The Morgan fingerprint density at radius 2 is 2.00 bits per heavy atom. The molecule has 0 saturated carbocycles. The number of nitrogens with one attached hydrogen (secondary N) is 2. The number of carbonyl (C=O) groups excluding carboxylic acids is 2. The molecule has 0 bridgehead atoms. The van der Waals surface area contributed by atoms with Crippen molar-refractivity contribution in [2.24, 2.45) is 5.73 Å². The van der Waals surface area contributed by atoms with Gasteiger partial charge in [0.15, 0.2) is 0 Å². The minimum Gasteiger partial charge on any atom is -0.494 e. The van der Waals surface area contributed by atoms with Crippen LogP contribution in [0, 0.1) is 0 Å². The van der Waals surface area contributed by atoms with Gasteiger partial charge in [-0.1, -0.05) is 0 Å². The second kappa shape index (κ2) is 7.99. The molecule has 4 N–H and O–H groups in total. The smallest absolute Gasteiger partial charge is 0.316 e. The second-order valence-electron chi connectivity index (χ2n) is 6.38. The molecule has 0 aromatic heterocycles. The molecule has 27 heavy (non-hydrogen) atoms. The summed E-state index contributed by atoms with van der Waals surface area (Å²) in [6.07, 6.45) is 1.00. The van der Waals surface area contributed by atoms with E-state index in [1.165, 1.54) is 0 Å². The number of hydrogen-bond donors (Lipinski definition) is 3. The van der Waals surface area contributed by atoms with Crippen molar-refractivity contribution >= 4 is 17.6 Å². The molecular weight excluding hydrogens is 346 g/mol. The molecule has 3 amide bonds. The zero-order chi connectivity index (χ0) is 19.4. The molecule has 7 nitrogen and oxygen atoms in total. The number of fused-ring (bicyclic) bond motifs is 1. The van der Waals surface area contributed by atoms with Crippen LogP contribution in [0.1, 0.15) is 35.3 Å². The van der Waals surface area contributed by atoms with Crippen LogP contribution in [-0.2, 0) is 13.0 Å². The van der Waals surface area contributed by atoms with Crippen LogP contribution < -0.4 is 25.8 Å². The summed E-state index contributed by atoms with van der Waals surface area (Å²) in [6, 6.07) is 9.77. The highest BCUT2D eigenvalue weighted by Crippen LogP contribution is 2.35. The molecular formula is C20H23N3O4. The Bertz CT molecular complexity index is 849. The number of anilines is 1. The Hall–Kier alpha value is -3.22. The van der Waals surface area contributed by atoms with E-state index < -0.39 is 6.03 Å². The summed E-state index contributed by atoms with van der Waals surface area (Å²) < 4.78 is 11.5. The van der Waals surface area contributed by atoms with Crippen molar-refractivity contribution in [3.8, 4) is 11.5 Å². The maximum absolute atomic E-state index is 12.4. The van der Waals surface area contributed by atoms with E-state index >= 15 is 0 Å². The molecule has 2 aromatic carbocycles. The normalized spacial score (nSPS) is 14.8. The summed E-state index contributed by atoms with van der Waals surface area (Å²) in [7, 11) is 0. The topological polar surface area (TPSA) is 103 Å². The van der Waals surface area contributed by atoms with Gasteiger partial charge < -0.3 is 25.8 Å². The lowest BCUT2D eigenvalue weighted by atomic mass is 10.1. The van der Waals surface area contributed by atoms with Gasteiger partial charge in [-0.15, -0.1) is 0 Å². The fourth-order valence-electron chi connectivity index (χ4n) is 3.03. The third kappa shape index (κ3) is 4.49. The fraction of sp³-hybridized carbons (Fsp3) is 0.300. The first-order chi connectivity index (χ1) is 13.0. The molecule has 1 heterocycles. The van der Waals surface area contributed by atoms with E-state index in [9.17, 15) is 9.59 Å². The molecule has 0 fully saturated rings. The SMILES string of the molecule is CCOc1cc2c(cc1CNC(=O)c1ccc(NC(N)=O)cc1)OC(C)C2. The first kappa shape index (κ1) is 18.6. The Balaban J connectivity index is 1.69. The minimum atomic E-state index is -0.649. The summed E-state index contributed by atoms with van der Waals surface area (Å²) in [5.74, 6) is 1.38. The van der Waals surface area contributed by atoms with Crippen molar-refractivity contribution in [3.63, 3.8) is 0 Å². The van der Waals surface area contributed by atoms with Gasteiger partial charge in [-0.05, 0) is 50.2 Å². The van der Waals surface area contributed by atoms with Crippen molar-refractivity contribution in [1.82, 2.24) is 5.32 Å². The summed E-state index contributed by atoms with van der Waals surface area (Å²) in [4.78, 5) is 23.3. The van der Waals surface area contributed by atoms with Crippen molar-refractivity contribution in [1.29, 1.82) is 0 Å². The monoisotopic (exact) mass is 369 g/mol. The van der Waals surface area contributed by atoms with E-state index in [0.29, 0.717) is 24.4 Å². The van der Waals surface area contributed by atoms with Gasteiger partial charge in [-0.2, -0.15) is 0 Å². The average molecular weight is 369 g/mol. The molecule has 1 aliphatic heterocycles. The predicted octanol–water partition coefficient (Wildman–Crippen LogP) is 2.83. The van der Waals surface area contributed by atoms with Gasteiger partial charge in [0, 0.05) is 35.3 Å². The Kier molecular flexibility index (Phi) is 5.49. The highest BCUT2D eigenvalue weighted by molar-refractivity contribution is 5.95. The number of carbonyl (C=O) groups is 2. The minimum absolute atomic E-state index is 0.145. The van der Waals surface area contributed by atoms with Crippen LogP contribution in [0.25, 0.3) is 0 Å². The molecule has 3 rings (SSSR count). The maximum atomic E-state index is 12.4. The standard InChI is InChI=1S/C20H23N3O4/c1-3-26-17-9-14-8-12(2)27-18(14)10-15(17)11-22-19(24)13-4-6-16(7-5-13)23-20(21)25/h4-7,9-10,12H,3,8,11H2,1-2H3,(H,22,24)(H3,21,23,25). The van der Waals surface area contributed by atoms with Gasteiger partial charge in [-0.3, -0.25) is 4.79 Å². The lowest BCUT2D eigenvalue weighted by Crippen LogP contribution is -2.23. The lowest BCUT2D eigenvalue weighted by molar-refractivity contribution is 0.0950. The van der Waals surface area contributed by atoms with Gasteiger partial charge in [0.25, 0.3) is 5.91 Å². The average Bonchev–Trinajstić information content (AvgIpc) is 2.98. The van der Waals surface area contributed by atoms with E-state index in [2.05, 4.69) is 10.6 Å².